The zero-order valence-corrected chi connectivity index (χ0v) is 9.44. The van der Waals surface area contributed by atoms with E-state index in [1.54, 1.807) is 26.5 Å². The van der Waals surface area contributed by atoms with Gasteiger partial charge in [-0.15, -0.1) is 9.89 Å². The summed E-state index contributed by atoms with van der Waals surface area (Å²) >= 11 is 0. The van der Waals surface area contributed by atoms with Crippen molar-refractivity contribution in [1.82, 2.24) is 20.3 Å². The van der Waals surface area contributed by atoms with Crippen molar-refractivity contribution in [1.29, 1.82) is 0 Å². The molecule has 1 aromatic heterocycles. The van der Waals surface area contributed by atoms with E-state index in [0.29, 0.717) is 11.5 Å². The van der Waals surface area contributed by atoms with Gasteiger partial charge in [-0.25, -0.2) is 0 Å². The standard InChI is InChI=1S/C10H11N5O2/c1-16-9-4-3-8(5-10(9)17-2)6-12-15-7-11-13-14-15/h3-7H,1-2H3/b12-6-. The number of rotatable bonds is 4. The van der Waals surface area contributed by atoms with Gasteiger partial charge in [0.05, 0.1) is 20.4 Å². The summed E-state index contributed by atoms with van der Waals surface area (Å²) in [7, 11) is 3.17. The lowest BCUT2D eigenvalue weighted by molar-refractivity contribution is 0.355. The monoisotopic (exact) mass is 233 g/mol. The van der Waals surface area contributed by atoms with Gasteiger partial charge in [0.2, 0.25) is 0 Å². The Kier molecular flexibility index (Phi) is 3.29. The van der Waals surface area contributed by atoms with Crippen LogP contribution < -0.4 is 9.47 Å². The summed E-state index contributed by atoms with van der Waals surface area (Å²) in [5.74, 6) is 1.32. The van der Waals surface area contributed by atoms with Crippen LogP contribution in [0.3, 0.4) is 0 Å². The lowest BCUT2D eigenvalue weighted by atomic mass is 10.2. The van der Waals surface area contributed by atoms with Crippen LogP contribution in [-0.4, -0.2) is 40.8 Å². The summed E-state index contributed by atoms with van der Waals surface area (Å²) in [6, 6.07) is 5.47. The molecule has 0 fully saturated rings. The average molecular weight is 233 g/mol. The van der Waals surface area contributed by atoms with Gasteiger partial charge in [-0.05, 0) is 34.2 Å². The Balaban J connectivity index is 2.22. The highest BCUT2D eigenvalue weighted by Crippen LogP contribution is 2.26. The van der Waals surface area contributed by atoms with Gasteiger partial charge in [-0.2, -0.15) is 5.10 Å². The molecule has 1 aromatic carbocycles. The Morgan fingerprint density at radius 3 is 2.71 bits per heavy atom. The van der Waals surface area contributed by atoms with Crippen LogP contribution in [0.4, 0.5) is 0 Å². The zero-order valence-electron chi connectivity index (χ0n) is 9.44. The van der Waals surface area contributed by atoms with Crippen molar-refractivity contribution in [2.24, 2.45) is 5.10 Å². The number of benzene rings is 1. The molecule has 0 unspecified atom stereocenters. The molecule has 0 atom stereocenters. The van der Waals surface area contributed by atoms with E-state index in [-0.39, 0.29) is 0 Å². The lowest BCUT2D eigenvalue weighted by Gasteiger charge is -2.07. The third kappa shape index (κ3) is 2.57. The summed E-state index contributed by atoms with van der Waals surface area (Å²) < 4.78 is 10.3. The molecule has 0 aliphatic rings. The van der Waals surface area contributed by atoms with Crippen LogP contribution in [0, 0.1) is 0 Å². The Morgan fingerprint density at radius 1 is 1.24 bits per heavy atom. The number of hydrogen-bond acceptors (Lipinski definition) is 6. The van der Waals surface area contributed by atoms with E-state index in [9.17, 15) is 0 Å². The van der Waals surface area contributed by atoms with Gasteiger partial charge in [0.15, 0.2) is 17.8 Å². The quantitative estimate of drug-likeness (QED) is 0.722. The topological polar surface area (TPSA) is 74.4 Å². The first kappa shape index (κ1) is 11.1. The minimum atomic E-state index is 0.646. The minimum Gasteiger partial charge on any atom is -0.493 e. The molecule has 88 valence electrons. The summed E-state index contributed by atoms with van der Waals surface area (Å²) in [6.07, 6.45) is 3.02. The van der Waals surface area contributed by atoms with Crippen LogP contribution >= 0.6 is 0 Å². The predicted octanol–water partition coefficient (Wildman–Crippen LogP) is 0.572. The summed E-state index contributed by atoms with van der Waals surface area (Å²) in [5, 5.41) is 14.6. The number of tetrazole rings is 1. The molecule has 0 aliphatic carbocycles. The third-order valence-electron chi connectivity index (χ3n) is 2.07. The maximum atomic E-state index is 5.18. The molecule has 0 spiro atoms. The van der Waals surface area contributed by atoms with Crippen LogP contribution in [0.1, 0.15) is 5.56 Å². The Bertz CT molecular complexity index is 509. The van der Waals surface area contributed by atoms with Gasteiger partial charge in [-0.1, -0.05) is 0 Å². The van der Waals surface area contributed by atoms with E-state index in [2.05, 4.69) is 20.6 Å². The molecule has 0 N–H and O–H groups in total. The van der Waals surface area contributed by atoms with Gasteiger partial charge < -0.3 is 9.47 Å². The number of nitrogens with zero attached hydrogens (tertiary/aromatic N) is 5. The van der Waals surface area contributed by atoms with Crippen molar-refractivity contribution in [3.63, 3.8) is 0 Å². The van der Waals surface area contributed by atoms with E-state index in [1.807, 2.05) is 12.1 Å². The van der Waals surface area contributed by atoms with Gasteiger partial charge in [0.1, 0.15) is 0 Å². The van der Waals surface area contributed by atoms with Crippen molar-refractivity contribution in [3.05, 3.63) is 30.1 Å². The summed E-state index contributed by atoms with van der Waals surface area (Å²) in [5.41, 5.74) is 0.859. The predicted molar refractivity (Wildman–Crippen MR) is 60.4 cm³/mol. The SMILES string of the molecule is COc1ccc(/C=N\n2cnnn2)cc1OC. The van der Waals surface area contributed by atoms with Crippen molar-refractivity contribution in [2.75, 3.05) is 14.2 Å². The van der Waals surface area contributed by atoms with Crippen LogP contribution in [0.5, 0.6) is 11.5 Å². The van der Waals surface area contributed by atoms with E-state index < -0.39 is 0 Å². The second kappa shape index (κ2) is 5.06. The van der Waals surface area contributed by atoms with Crippen molar-refractivity contribution >= 4 is 6.21 Å². The highest BCUT2D eigenvalue weighted by atomic mass is 16.5. The molecular formula is C10H11N5O2. The molecule has 17 heavy (non-hydrogen) atoms. The number of ether oxygens (including phenoxy) is 2. The second-order valence-electron chi connectivity index (χ2n) is 3.09. The maximum Gasteiger partial charge on any atom is 0.164 e. The summed E-state index contributed by atoms with van der Waals surface area (Å²) in [4.78, 5) is 1.26. The van der Waals surface area contributed by atoms with Crippen molar-refractivity contribution in [3.8, 4) is 11.5 Å². The Morgan fingerprint density at radius 2 is 2.06 bits per heavy atom. The maximum absolute atomic E-state index is 5.18. The number of hydrogen-bond donors (Lipinski definition) is 0. The second-order valence-corrected chi connectivity index (χ2v) is 3.09. The van der Waals surface area contributed by atoms with Gasteiger partial charge in [0, 0.05) is 0 Å². The fourth-order valence-corrected chi connectivity index (χ4v) is 1.27. The third-order valence-corrected chi connectivity index (χ3v) is 2.07. The minimum absolute atomic E-state index is 0.646. The molecule has 0 bridgehead atoms. The molecule has 0 saturated heterocycles. The number of methoxy groups -OCH3 is 2. The fraction of sp³-hybridized carbons (Fsp3) is 0.200. The normalized spacial score (nSPS) is 10.7. The Labute approximate surface area is 97.7 Å². The van der Waals surface area contributed by atoms with Crippen LogP contribution in [0.2, 0.25) is 0 Å². The molecule has 0 aliphatic heterocycles. The van der Waals surface area contributed by atoms with Crippen molar-refractivity contribution in [2.45, 2.75) is 0 Å². The van der Waals surface area contributed by atoms with E-state index in [1.165, 1.54) is 11.1 Å². The van der Waals surface area contributed by atoms with Gasteiger partial charge in [-0.3, -0.25) is 0 Å². The van der Waals surface area contributed by atoms with Crippen LogP contribution in [0.15, 0.2) is 29.6 Å². The molecule has 2 aromatic rings. The van der Waals surface area contributed by atoms with Crippen molar-refractivity contribution < 1.29 is 9.47 Å². The average Bonchev–Trinajstić information content (AvgIpc) is 2.89. The molecule has 1 heterocycles. The van der Waals surface area contributed by atoms with Gasteiger partial charge >= 0.3 is 0 Å². The highest BCUT2D eigenvalue weighted by Gasteiger charge is 2.02. The van der Waals surface area contributed by atoms with Gasteiger partial charge in [0.25, 0.3) is 0 Å². The fourth-order valence-electron chi connectivity index (χ4n) is 1.27. The molecule has 7 nitrogen and oxygen atoms in total. The highest BCUT2D eigenvalue weighted by molar-refractivity contribution is 5.80. The molecule has 7 heteroatoms. The van der Waals surface area contributed by atoms with Crippen LogP contribution in [-0.2, 0) is 0 Å². The largest absolute Gasteiger partial charge is 0.493 e. The van der Waals surface area contributed by atoms with E-state index in [0.717, 1.165) is 5.56 Å². The lowest BCUT2D eigenvalue weighted by Crippen LogP contribution is -1.94. The first-order valence-corrected chi connectivity index (χ1v) is 4.83. The molecule has 0 amide bonds. The zero-order chi connectivity index (χ0) is 12.1. The molecule has 0 radical (unpaired) electrons. The number of aromatic nitrogens is 4. The van der Waals surface area contributed by atoms with E-state index >= 15 is 0 Å². The van der Waals surface area contributed by atoms with Crippen LogP contribution in [0.25, 0.3) is 0 Å². The molecule has 0 saturated carbocycles. The first-order chi connectivity index (χ1) is 8.33. The smallest absolute Gasteiger partial charge is 0.164 e. The first-order valence-electron chi connectivity index (χ1n) is 4.83. The molecular weight excluding hydrogens is 222 g/mol. The van der Waals surface area contributed by atoms with E-state index in [4.69, 9.17) is 9.47 Å². The molecule has 2 rings (SSSR count). The summed E-state index contributed by atoms with van der Waals surface area (Å²) in [6.45, 7) is 0. The Hall–Kier alpha value is -2.44.